The molecule has 1 amide bonds. The summed E-state index contributed by atoms with van der Waals surface area (Å²) in [7, 11) is 0. The van der Waals surface area contributed by atoms with Crippen LogP contribution in [0.1, 0.15) is 32.0 Å². The molecule has 0 saturated carbocycles. The van der Waals surface area contributed by atoms with Crippen molar-refractivity contribution in [1.29, 1.82) is 0 Å². The Morgan fingerprint density at radius 2 is 2.30 bits per heavy atom. The second-order valence-corrected chi connectivity index (χ2v) is 6.20. The molecule has 0 radical (unpaired) electrons. The maximum absolute atomic E-state index is 12.2. The van der Waals surface area contributed by atoms with Crippen LogP contribution in [0, 0.1) is 5.92 Å². The molecule has 23 heavy (non-hydrogen) atoms. The van der Waals surface area contributed by atoms with Crippen LogP contribution in [0.2, 0.25) is 0 Å². The van der Waals surface area contributed by atoms with Gasteiger partial charge >= 0.3 is 0 Å². The molecule has 5 heteroatoms. The number of amides is 1. The summed E-state index contributed by atoms with van der Waals surface area (Å²) in [6.07, 6.45) is 3.63. The first-order valence-electron chi connectivity index (χ1n) is 8.55. The smallest absolute Gasteiger partial charge is 0.224 e. The van der Waals surface area contributed by atoms with E-state index in [0.29, 0.717) is 25.6 Å². The van der Waals surface area contributed by atoms with Crippen molar-refractivity contribution in [3.05, 3.63) is 30.1 Å². The quantitative estimate of drug-likeness (QED) is 0.834. The highest BCUT2D eigenvalue weighted by atomic mass is 16.5. The molecule has 1 N–H and O–H groups in total. The molecule has 1 aromatic heterocycles. The van der Waals surface area contributed by atoms with Crippen LogP contribution in [0.4, 0.5) is 0 Å². The molecule has 3 rings (SSSR count). The van der Waals surface area contributed by atoms with E-state index in [2.05, 4.69) is 16.0 Å². The minimum atomic E-state index is 0.216. The Kier molecular flexibility index (Phi) is 5.28. The molecule has 0 bridgehead atoms. The molecule has 1 unspecified atom stereocenters. The number of fused-ring (bicyclic) bond motifs is 1. The predicted octanol–water partition coefficient (Wildman–Crippen LogP) is 2.77. The van der Waals surface area contributed by atoms with Gasteiger partial charge in [-0.15, -0.1) is 0 Å². The van der Waals surface area contributed by atoms with Crippen LogP contribution in [0.3, 0.4) is 0 Å². The van der Waals surface area contributed by atoms with E-state index in [1.165, 1.54) is 0 Å². The van der Waals surface area contributed by atoms with E-state index in [1.807, 2.05) is 30.0 Å². The summed E-state index contributed by atoms with van der Waals surface area (Å²) in [4.78, 5) is 22.3. The summed E-state index contributed by atoms with van der Waals surface area (Å²) in [5, 5.41) is 0. The minimum Gasteiger partial charge on any atom is -0.381 e. The molecule has 2 aromatic rings. The number of H-pyrrole nitrogens is 1. The number of carbonyl (C=O) groups is 1. The predicted molar refractivity (Wildman–Crippen MR) is 90.2 cm³/mol. The minimum absolute atomic E-state index is 0.216. The average molecular weight is 315 g/mol. The van der Waals surface area contributed by atoms with Gasteiger partial charge in [0, 0.05) is 26.1 Å². The number of aromatic nitrogens is 2. The van der Waals surface area contributed by atoms with Gasteiger partial charge in [0.25, 0.3) is 0 Å². The van der Waals surface area contributed by atoms with Gasteiger partial charge in [-0.1, -0.05) is 12.1 Å². The topological polar surface area (TPSA) is 58.2 Å². The fourth-order valence-corrected chi connectivity index (χ4v) is 3.30. The zero-order valence-corrected chi connectivity index (χ0v) is 13.8. The number of likely N-dealkylation sites (tertiary alicyclic amines) is 1. The monoisotopic (exact) mass is 315 g/mol. The summed E-state index contributed by atoms with van der Waals surface area (Å²) in [5.41, 5.74) is 2.10. The molecular formula is C18H25N3O2. The van der Waals surface area contributed by atoms with Crippen LogP contribution >= 0.6 is 0 Å². The highest BCUT2D eigenvalue weighted by Crippen LogP contribution is 2.21. The lowest BCUT2D eigenvalue weighted by Gasteiger charge is -2.32. The van der Waals surface area contributed by atoms with Crippen molar-refractivity contribution in [3.63, 3.8) is 0 Å². The third kappa shape index (κ3) is 4.10. The summed E-state index contributed by atoms with van der Waals surface area (Å²) in [6, 6.07) is 8.10. The fourth-order valence-electron chi connectivity index (χ4n) is 3.30. The number of hydrogen-bond acceptors (Lipinski definition) is 3. The first kappa shape index (κ1) is 16.0. The van der Waals surface area contributed by atoms with E-state index in [1.54, 1.807) is 0 Å². The van der Waals surface area contributed by atoms with Crippen LogP contribution < -0.4 is 0 Å². The van der Waals surface area contributed by atoms with Crippen molar-refractivity contribution < 1.29 is 9.53 Å². The molecule has 124 valence electrons. The molecule has 1 atom stereocenters. The summed E-state index contributed by atoms with van der Waals surface area (Å²) >= 11 is 0. The van der Waals surface area contributed by atoms with Crippen molar-refractivity contribution in [2.45, 2.75) is 32.6 Å². The van der Waals surface area contributed by atoms with Gasteiger partial charge in [0.15, 0.2) is 0 Å². The van der Waals surface area contributed by atoms with Crippen LogP contribution in [0.5, 0.6) is 0 Å². The second kappa shape index (κ2) is 7.59. The standard InChI is InChI=1S/C18H25N3O2/c1-2-23-11-9-18(22)21-10-5-6-14(13-21)12-17-19-15-7-3-4-8-16(15)20-17/h3-4,7-8,14H,2,5-6,9-13H2,1H3,(H,19,20). The fraction of sp³-hybridized carbons (Fsp3) is 0.556. The highest BCUT2D eigenvalue weighted by molar-refractivity contribution is 5.76. The van der Waals surface area contributed by atoms with E-state index in [9.17, 15) is 4.79 Å². The third-order valence-electron chi connectivity index (χ3n) is 4.46. The van der Waals surface area contributed by atoms with E-state index in [0.717, 1.165) is 49.2 Å². The van der Waals surface area contributed by atoms with Gasteiger partial charge in [0.1, 0.15) is 5.82 Å². The van der Waals surface area contributed by atoms with E-state index in [4.69, 9.17) is 4.74 Å². The molecular weight excluding hydrogens is 290 g/mol. The lowest BCUT2D eigenvalue weighted by molar-refractivity contribution is -0.134. The van der Waals surface area contributed by atoms with Gasteiger partial charge in [0.2, 0.25) is 5.91 Å². The molecule has 1 aliphatic rings. The van der Waals surface area contributed by atoms with Crippen LogP contribution in [-0.4, -0.2) is 47.1 Å². The Hall–Kier alpha value is -1.88. The molecule has 1 saturated heterocycles. The van der Waals surface area contributed by atoms with Crippen molar-refractivity contribution in [2.24, 2.45) is 5.92 Å². The number of imidazole rings is 1. The Morgan fingerprint density at radius 3 is 3.13 bits per heavy atom. The molecule has 2 heterocycles. The number of piperidine rings is 1. The summed E-state index contributed by atoms with van der Waals surface area (Å²) in [5.74, 6) is 1.73. The highest BCUT2D eigenvalue weighted by Gasteiger charge is 2.24. The van der Waals surface area contributed by atoms with Gasteiger partial charge < -0.3 is 14.6 Å². The van der Waals surface area contributed by atoms with Crippen molar-refractivity contribution in [3.8, 4) is 0 Å². The summed E-state index contributed by atoms with van der Waals surface area (Å²) in [6.45, 7) is 4.86. The van der Waals surface area contributed by atoms with Crippen LogP contribution in [0.15, 0.2) is 24.3 Å². The number of rotatable bonds is 6. The lowest BCUT2D eigenvalue weighted by Crippen LogP contribution is -2.41. The van der Waals surface area contributed by atoms with E-state index < -0.39 is 0 Å². The molecule has 0 spiro atoms. The maximum Gasteiger partial charge on any atom is 0.224 e. The lowest BCUT2D eigenvalue weighted by atomic mass is 9.94. The molecule has 1 aromatic carbocycles. The van der Waals surface area contributed by atoms with Crippen LogP contribution in [-0.2, 0) is 16.0 Å². The number of carbonyl (C=O) groups excluding carboxylic acids is 1. The van der Waals surface area contributed by atoms with Gasteiger partial charge in [0.05, 0.1) is 24.1 Å². The van der Waals surface area contributed by atoms with Crippen molar-refractivity contribution >= 4 is 16.9 Å². The Labute approximate surface area is 137 Å². The largest absolute Gasteiger partial charge is 0.381 e. The van der Waals surface area contributed by atoms with Crippen molar-refractivity contribution in [1.82, 2.24) is 14.9 Å². The first-order chi connectivity index (χ1) is 11.3. The SMILES string of the molecule is CCOCCC(=O)N1CCCC(Cc2nc3ccccc3[nH]2)C1. The number of nitrogens with one attached hydrogen (secondary N) is 1. The number of hydrogen-bond donors (Lipinski definition) is 1. The van der Waals surface area contributed by atoms with Gasteiger partial charge in [-0.2, -0.15) is 0 Å². The summed E-state index contributed by atoms with van der Waals surface area (Å²) < 4.78 is 5.29. The van der Waals surface area contributed by atoms with E-state index in [-0.39, 0.29) is 5.91 Å². The second-order valence-electron chi connectivity index (χ2n) is 6.20. The Morgan fingerprint density at radius 1 is 1.43 bits per heavy atom. The van der Waals surface area contributed by atoms with E-state index >= 15 is 0 Å². The molecule has 1 fully saturated rings. The van der Waals surface area contributed by atoms with Crippen LogP contribution in [0.25, 0.3) is 11.0 Å². The van der Waals surface area contributed by atoms with Gasteiger partial charge in [-0.25, -0.2) is 4.98 Å². The third-order valence-corrected chi connectivity index (χ3v) is 4.46. The number of nitrogens with zero attached hydrogens (tertiary/aromatic N) is 2. The first-order valence-corrected chi connectivity index (χ1v) is 8.55. The molecule has 0 aliphatic carbocycles. The molecule has 1 aliphatic heterocycles. The Bertz CT molecular complexity index is 620. The van der Waals surface area contributed by atoms with Gasteiger partial charge in [-0.3, -0.25) is 4.79 Å². The average Bonchev–Trinajstić information content (AvgIpc) is 2.97. The number of ether oxygens (including phenoxy) is 1. The van der Waals surface area contributed by atoms with Gasteiger partial charge in [-0.05, 0) is 37.8 Å². The maximum atomic E-state index is 12.2. The Balaban J connectivity index is 1.56. The number of benzene rings is 1. The zero-order valence-electron chi connectivity index (χ0n) is 13.8. The normalized spacial score (nSPS) is 18.5. The zero-order chi connectivity index (χ0) is 16.1. The molecule has 5 nitrogen and oxygen atoms in total. The number of para-hydroxylation sites is 2. The van der Waals surface area contributed by atoms with Crippen molar-refractivity contribution in [2.75, 3.05) is 26.3 Å². The number of aromatic amines is 1.